The van der Waals surface area contributed by atoms with E-state index < -0.39 is 10.8 Å². The molecule has 0 bridgehead atoms. The van der Waals surface area contributed by atoms with Crippen molar-refractivity contribution in [3.8, 4) is 0 Å². The first-order chi connectivity index (χ1) is 8.70. The predicted octanol–water partition coefficient (Wildman–Crippen LogP) is 1.91. The predicted molar refractivity (Wildman–Crippen MR) is 79.0 cm³/mol. The van der Waals surface area contributed by atoms with Crippen molar-refractivity contribution in [3.63, 3.8) is 0 Å². The van der Waals surface area contributed by atoms with Gasteiger partial charge >= 0.3 is 0 Å². The Morgan fingerprint density at radius 2 is 2.28 bits per heavy atom. The number of aromatic nitrogens is 2. The van der Waals surface area contributed by atoms with Gasteiger partial charge in [-0.3, -0.25) is 4.21 Å². The number of hydrogen-bond donors (Lipinski definition) is 2. The molecule has 1 atom stereocenters. The lowest BCUT2D eigenvalue weighted by Gasteiger charge is -2.07. The summed E-state index contributed by atoms with van der Waals surface area (Å²) in [4.78, 5) is 8.78. The number of hydrogen-bond acceptors (Lipinski definition) is 6. The topological polar surface area (TPSA) is 66.9 Å². The van der Waals surface area contributed by atoms with E-state index in [1.807, 2.05) is 11.4 Å². The van der Waals surface area contributed by atoms with Crippen molar-refractivity contribution in [3.05, 3.63) is 11.4 Å². The van der Waals surface area contributed by atoms with E-state index in [2.05, 4.69) is 20.6 Å². The molecule has 2 aromatic rings. The van der Waals surface area contributed by atoms with Gasteiger partial charge < -0.3 is 10.6 Å². The third kappa shape index (κ3) is 3.17. The number of nitrogens with one attached hydrogen (secondary N) is 2. The molecule has 2 heterocycles. The summed E-state index contributed by atoms with van der Waals surface area (Å²) in [6.07, 6.45) is 2.59. The molecule has 0 amide bonds. The Bertz CT molecular complexity index is 555. The van der Waals surface area contributed by atoms with Gasteiger partial charge in [0.05, 0.1) is 10.2 Å². The van der Waals surface area contributed by atoms with Crippen molar-refractivity contribution < 1.29 is 4.21 Å². The van der Waals surface area contributed by atoms with Crippen LogP contribution in [0.2, 0.25) is 0 Å². The van der Waals surface area contributed by atoms with E-state index in [9.17, 15) is 4.21 Å². The Balaban J connectivity index is 2.10. The molecule has 0 radical (unpaired) electrons. The van der Waals surface area contributed by atoms with Gasteiger partial charge in [-0.15, -0.1) is 11.3 Å². The van der Waals surface area contributed by atoms with Crippen LogP contribution in [0.3, 0.4) is 0 Å². The first-order valence-corrected chi connectivity index (χ1v) is 8.28. The fourth-order valence-electron chi connectivity index (χ4n) is 1.58. The molecule has 2 N–H and O–H groups in total. The Hall–Kier alpha value is -1.21. The lowest BCUT2D eigenvalue weighted by atomic mass is 10.4. The molecule has 2 aromatic heterocycles. The maximum absolute atomic E-state index is 11.0. The Labute approximate surface area is 112 Å². The van der Waals surface area contributed by atoms with Gasteiger partial charge in [0, 0.05) is 36.4 Å². The van der Waals surface area contributed by atoms with E-state index in [1.54, 1.807) is 24.6 Å². The second-order valence-electron chi connectivity index (χ2n) is 3.84. The highest BCUT2D eigenvalue weighted by Gasteiger charge is 2.07. The molecule has 0 aliphatic carbocycles. The van der Waals surface area contributed by atoms with Gasteiger partial charge in [-0.25, -0.2) is 4.98 Å². The highest BCUT2D eigenvalue weighted by Crippen LogP contribution is 2.26. The quantitative estimate of drug-likeness (QED) is 0.793. The Kier molecular flexibility index (Phi) is 4.48. The van der Waals surface area contributed by atoms with Crippen LogP contribution in [0.1, 0.15) is 6.42 Å². The van der Waals surface area contributed by atoms with E-state index in [0.29, 0.717) is 11.7 Å². The maximum Gasteiger partial charge on any atom is 0.225 e. The van der Waals surface area contributed by atoms with Crippen molar-refractivity contribution in [2.75, 3.05) is 36.2 Å². The monoisotopic (exact) mass is 284 g/mol. The number of nitrogens with zero attached hydrogens (tertiary/aromatic N) is 2. The summed E-state index contributed by atoms with van der Waals surface area (Å²) in [6, 6.07) is 1.98. The fourth-order valence-corrected chi connectivity index (χ4v) is 2.93. The van der Waals surface area contributed by atoms with Crippen molar-refractivity contribution >= 4 is 44.1 Å². The molecule has 0 aliphatic rings. The molecule has 2 rings (SSSR count). The van der Waals surface area contributed by atoms with Crippen molar-refractivity contribution in [2.45, 2.75) is 6.42 Å². The molecule has 0 fully saturated rings. The maximum atomic E-state index is 11.0. The molecule has 0 saturated carbocycles. The summed E-state index contributed by atoms with van der Waals surface area (Å²) >= 11 is 1.62. The first-order valence-electron chi connectivity index (χ1n) is 5.67. The average molecular weight is 284 g/mol. The molecule has 0 saturated heterocycles. The van der Waals surface area contributed by atoms with Crippen LogP contribution in [0.4, 0.5) is 11.8 Å². The van der Waals surface area contributed by atoms with Crippen LogP contribution in [-0.2, 0) is 10.8 Å². The summed E-state index contributed by atoms with van der Waals surface area (Å²) in [5.74, 6) is 2.17. The highest BCUT2D eigenvalue weighted by molar-refractivity contribution is 7.84. The summed E-state index contributed by atoms with van der Waals surface area (Å²) < 4.78 is 12.0. The van der Waals surface area contributed by atoms with E-state index in [-0.39, 0.29) is 0 Å². The standard InChI is InChI=1S/C11H16N4OS2/c1-12-11-14-8-4-6-17-9(8)10(15-11)13-5-3-7-18(2)16/h4,6H,3,5,7H2,1-2H3,(H2,12,13,14,15). The number of rotatable bonds is 6. The third-order valence-electron chi connectivity index (χ3n) is 2.43. The van der Waals surface area contributed by atoms with Crippen molar-refractivity contribution in [1.29, 1.82) is 0 Å². The lowest BCUT2D eigenvalue weighted by molar-refractivity contribution is 0.685. The lowest BCUT2D eigenvalue weighted by Crippen LogP contribution is -2.08. The SMILES string of the molecule is CNc1nc(NCCCS(C)=O)c2sccc2n1. The molecule has 0 aromatic carbocycles. The second-order valence-corrected chi connectivity index (χ2v) is 6.31. The number of fused-ring (bicyclic) bond motifs is 1. The zero-order chi connectivity index (χ0) is 13.0. The molecule has 98 valence electrons. The van der Waals surface area contributed by atoms with Gasteiger partial charge in [0.15, 0.2) is 0 Å². The first kappa shape index (κ1) is 13.2. The van der Waals surface area contributed by atoms with Crippen molar-refractivity contribution in [1.82, 2.24) is 9.97 Å². The van der Waals surface area contributed by atoms with E-state index in [1.165, 1.54) is 0 Å². The zero-order valence-electron chi connectivity index (χ0n) is 10.4. The van der Waals surface area contributed by atoms with Crippen molar-refractivity contribution in [2.24, 2.45) is 0 Å². The highest BCUT2D eigenvalue weighted by atomic mass is 32.2. The summed E-state index contributed by atoms with van der Waals surface area (Å²) in [6.45, 7) is 0.771. The van der Waals surface area contributed by atoms with Gasteiger partial charge in [0.2, 0.25) is 5.95 Å². The third-order valence-corrected chi connectivity index (χ3v) is 4.20. The van der Waals surface area contributed by atoms with Gasteiger partial charge in [-0.1, -0.05) is 0 Å². The zero-order valence-corrected chi connectivity index (χ0v) is 12.0. The Morgan fingerprint density at radius 1 is 1.44 bits per heavy atom. The van der Waals surface area contributed by atoms with E-state index in [4.69, 9.17) is 0 Å². The number of thiophene rings is 1. The average Bonchev–Trinajstić information content (AvgIpc) is 2.82. The summed E-state index contributed by atoms with van der Waals surface area (Å²) in [5, 5.41) is 8.25. The van der Waals surface area contributed by atoms with Crippen LogP contribution >= 0.6 is 11.3 Å². The van der Waals surface area contributed by atoms with Crippen LogP contribution in [0.15, 0.2) is 11.4 Å². The molecule has 1 unspecified atom stereocenters. The van der Waals surface area contributed by atoms with Crippen LogP contribution in [0.5, 0.6) is 0 Å². The summed E-state index contributed by atoms with van der Waals surface area (Å²) in [7, 11) is 1.07. The van der Waals surface area contributed by atoms with Gasteiger partial charge in [-0.05, 0) is 17.9 Å². The molecule has 7 heteroatoms. The molecular weight excluding hydrogens is 268 g/mol. The molecule has 5 nitrogen and oxygen atoms in total. The van der Waals surface area contributed by atoms with Gasteiger partial charge in [-0.2, -0.15) is 4.98 Å². The van der Waals surface area contributed by atoms with Crippen LogP contribution in [-0.4, -0.2) is 39.8 Å². The largest absolute Gasteiger partial charge is 0.369 e. The van der Waals surface area contributed by atoms with Crippen LogP contribution in [0, 0.1) is 0 Å². The second kappa shape index (κ2) is 6.10. The summed E-state index contributed by atoms with van der Waals surface area (Å²) in [5.41, 5.74) is 0.945. The van der Waals surface area contributed by atoms with E-state index in [0.717, 1.165) is 29.0 Å². The number of anilines is 2. The van der Waals surface area contributed by atoms with Gasteiger partial charge in [0.1, 0.15) is 5.82 Å². The molecule has 0 aliphatic heterocycles. The minimum atomic E-state index is -0.731. The van der Waals surface area contributed by atoms with Gasteiger partial charge in [0.25, 0.3) is 0 Å². The van der Waals surface area contributed by atoms with Crippen LogP contribution < -0.4 is 10.6 Å². The molecule has 0 spiro atoms. The molecule has 18 heavy (non-hydrogen) atoms. The fraction of sp³-hybridized carbons (Fsp3) is 0.455. The normalized spacial score (nSPS) is 12.6. The smallest absolute Gasteiger partial charge is 0.225 e. The molecular formula is C11H16N4OS2. The Morgan fingerprint density at radius 3 is 3.00 bits per heavy atom. The van der Waals surface area contributed by atoms with E-state index >= 15 is 0 Å². The minimum Gasteiger partial charge on any atom is -0.369 e. The minimum absolute atomic E-state index is 0.613. The van der Waals surface area contributed by atoms with Crippen LogP contribution in [0.25, 0.3) is 10.2 Å².